The fraction of sp³-hybridized carbons (Fsp3) is 0.250. The molecule has 0 fully saturated rings. The molecular weight excluding hydrogens is 266 g/mol. The molecule has 0 spiro atoms. The van der Waals surface area contributed by atoms with Crippen LogP contribution in [-0.2, 0) is 0 Å². The van der Waals surface area contributed by atoms with Crippen molar-refractivity contribution in [2.75, 3.05) is 7.11 Å². The van der Waals surface area contributed by atoms with Crippen LogP contribution >= 0.6 is 0 Å². The fourth-order valence-corrected chi connectivity index (χ4v) is 2.27. The third-order valence-electron chi connectivity index (χ3n) is 3.45. The van der Waals surface area contributed by atoms with Gasteiger partial charge in [0.25, 0.3) is 0 Å². The van der Waals surface area contributed by atoms with Crippen LogP contribution < -0.4 is 10.2 Å². The van der Waals surface area contributed by atoms with Crippen LogP contribution in [0.4, 0.5) is 0 Å². The molecule has 5 heteroatoms. The molecule has 1 N–H and O–H groups in total. The number of hydrogen-bond donors (Lipinski definition) is 1. The topological polar surface area (TPSA) is 59.9 Å². The van der Waals surface area contributed by atoms with E-state index in [1.54, 1.807) is 25.3 Å². The molecule has 1 aromatic carbocycles. The van der Waals surface area contributed by atoms with Crippen LogP contribution in [0.3, 0.4) is 0 Å². The zero-order chi connectivity index (χ0) is 15.0. The molecule has 0 saturated carbocycles. The van der Waals surface area contributed by atoms with Crippen LogP contribution in [0.15, 0.2) is 41.3 Å². The van der Waals surface area contributed by atoms with E-state index in [0.29, 0.717) is 16.8 Å². The normalized spacial score (nSPS) is 11.2. The first-order valence-electron chi connectivity index (χ1n) is 6.85. The molecule has 5 nitrogen and oxygen atoms in total. The summed E-state index contributed by atoms with van der Waals surface area (Å²) in [7, 11) is 1.60. The highest BCUT2D eigenvalue weighted by atomic mass is 16.5. The first kappa shape index (κ1) is 13.4. The molecule has 0 aliphatic heterocycles. The van der Waals surface area contributed by atoms with Crippen molar-refractivity contribution in [3.05, 3.63) is 46.8 Å². The Bertz CT molecular complexity index is 846. The molecule has 0 atom stereocenters. The molecule has 0 unspecified atom stereocenters. The molecule has 108 valence electrons. The SMILES string of the molecule is COc1ccc2c(=O)cc(-c3ccn(C(C)C)n3)[nH]c2c1. The monoisotopic (exact) mass is 283 g/mol. The molecule has 0 amide bonds. The van der Waals surface area contributed by atoms with Gasteiger partial charge in [-0.2, -0.15) is 5.10 Å². The summed E-state index contributed by atoms with van der Waals surface area (Å²) in [6.45, 7) is 4.12. The lowest BCUT2D eigenvalue weighted by Gasteiger charge is -2.06. The lowest BCUT2D eigenvalue weighted by Crippen LogP contribution is -2.04. The number of nitrogens with one attached hydrogen (secondary N) is 1. The minimum atomic E-state index is -0.0273. The summed E-state index contributed by atoms with van der Waals surface area (Å²) in [6.07, 6.45) is 1.91. The second kappa shape index (κ2) is 5.09. The number of aromatic nitrogens is 3. The van der Waals surface area contributed by atoms with Gasteiger partial charge in [-0.1, -0.05) is 0 Å². The number of benzene rings is 1. The van der Waals surface area contributed by atoms with Crippen LogP contribution in [0.1, 0.15) is 19.9 Å². The van der Waals surface area contributed by atoms with Gasteiger partial charge in [0, 0.05) is 29.8 Å². The average Bonchev–Trinajstić information content (AvgIpc) is 2.96. The largest absolute Gasteiger partial charge is 0.497 e. The zero-order valence-corrected chi connectivity index (χ0v) is 12.3. The smallest absolute Gasteiger partial charge is 0.190 e. The van der Waals surface area contributed by atoms with Crippen LogP contribution in [0, 0.1) is 0 Å². The van der Waals surface area contributed by atoms with Gasteiger partial charge in [0.1, 0.15) is 11.4 Å². The lowest BCUT2D eigenvalue weighted by molar-refractivity contribution is 0.415. The van der Waals surface area contributed by atoms with Gasteiger partial charge in [0.05, 0.1) is 18.3 Å². The molecule has 0 aliphatic rings. The number of nitrogens with zero attached hydrogens (tertiary/aromatic N) is 2. The number of aromatic amines is 1. The number of methoxy groups -OCH3 is 1. The van der Waals surface area contributed by atoms with Crippen molar-refractivity contribution in [1.29, 1.82) is 0 Å². The van der Waals surface area contributed by atoms with Crippen molar-refractivity contribution in [3.63, 3.8) is 0 Å². The van der Waals surface area contributed by atoms with Crippen LogP contribution in [0.25, 0.3) is 22.3 Å². The Hall–Kier alpha value is -2.56. The number of rotatable bonds is 3. The molecule has 0 bridgehead atoms. The van der Waals surface area contributed by atoms with Gasteiger partial charge in [0.15, 0.2) is 5.43 Å². The van der Waals surface area contributed by atoms with E-state index in [1.807, 2.05) is 23.0 Å². The fourth-order valence-electron chi connectivity index (χ4n) is 2.27. The Balaban J connectivity index is 2.16. The predicted octanol–water partition coefficient (Wildman–Crippen LogP) is 2.98. The second-order valence-electron chi connectivity index (χ2n) is 5.23. The molecule has 0 saturated heterocycles. The lowest BCUT2D eigenvalue weighted by atomic mass is 10.1. The third kappa shape index (κ3) is 2.42. The first-order valence-corrected chi connectivity index (χ1v) is 6.85. The predicted molar refractivity (Wildman–Crippen MR) is 82.7 cm³/mol. The van der Waals surface area contributed by atoms with Gasteiger partial charge < -0.3 is 9.72 Å². The van der Waals surface area contributed by atoms with E-state index >= 15 is 0 Å². The Kier molecular flexibility index (Phi) is 3.25. The zero-order valence-electron chi connectivity index (χ0n) is 12.3. The summed E-state index contributed by atoms with van der Waals surface area (Å²) in [5, 5.41) is 5.13. The molecule has 2 aromatic heterocycles. The van der Waals surface area contributed by atoms with E-state index in [2.05, 4.69) is 23.9 Å². The van der Waals surface area contributed by atoms with E-state index in [-0.39, 0.29) is 11.5 Å². The second-order valence-corrected chi connectivity index (χ2v) is 5.23. The summed E-state index contributed by atoms with van der Waals surface area (Å²) in [6, 6.07) is 9.14. The Morgan fingerprint density at radius 2 is 2.05 bits per heavy atom. The van der Waals surface area contributed by atoms with Gasteiger partial charge in [-0.15, -0.1) is 0 Å². The molecule has 3 aromatic rings. The average molecular weight is 283 g/mol. The van der Waals surface area contributed by atoms with Crippen LogP contribution in [0.2, 0.25) is 0 Å². The van der Waals surface area contributed by atoms with Gasteiger partial charge in [-0.05, 0) is 32.0 Å². The maximum atomic E-state index is 12.2. The number of hydrogen-bond acceptors (Lipinski definition) is 3. The van der Waals surface area contributed by atoms with Crippen molar-refractivity contribution in [2.24, 2.45) is 0 Å². The van der Waals surface area contributed by atoms with E-state index in [0.717, 1.165) is 11.2 Å². The molecule has 3 rings (SSSR count). The Labute approximate surface area is 122 Å². The van der Waals surface area contributed by atoms with Crippen LogP contribution in [-0.4, -0.2) is 21.9 Å². The van der Waals surface area contributed by atoms with Gasteiger partial charge in [-0.25, -0.2) is 0 Å². The summed E-state index contributed by atoms with van der Waals surface area (Å²) in [4.78, 5) is 15.5. The number of ether oxygens (including phenoxy) is 1. The quantitative estimate of drug-likeness (QED) is 0.804. The number of H-pyrrole nitrogens is 1. The summed E-state index contributed by atoms with van der Waals surface area (Å²) in [5.41, 5.74) is 2.18. The highest BCUT2D eigenvalue weighted by molar-refractivity contribution is 5.82. The highest BCUT2D eigenvalue weighted by Gasteiger charge is 2.09. The Morgan fingerprint density at radius 3 is 2.71 bits per heavy atom. The summed E-state index contributed by atoms with van der Waals surface area (Å²) >= 11 is 0. The van der Waals surface area contributed by atoms with Crippen molar-refractivity contribution in [2.45, 2.75) is 19.9 Å². The van der Waals surface area contributed by atoms with Crippen molar-refractivity contribution in [1.82, 2.24) is 14.8 Å². The minimum Gasteiger partial charge on any atom is -0.497 e. The summed E-state index contributed by atoms with van der Waals surface area (Å²) in [5.74, 6) is 0.711. The van der Waals surface area contributed by atoms with E-state index in [1.165, 1.54) is 0 Å². The van der Waals surface area contributed by atoms with Gasteiger partial charge >= 0.3 is 0 Å². The van der Waals surface area contributed by atoms with Gasteiger partial charge in [-0.3, -0.25) is 9.48 Å². The molecular formula is C16H17N3O2. The summed E-state index contributed by atoms with van der Waals surface area (Å²) < 4.78 is 7.07. The van der Waals surface area contributed by atoms with Crippen molar-refractivity contribution in [3.8, 4) is 17.1 Å². The standard InChI is InChI=1S/C16H17N3O2/c1-10(2)19-7-6-13(18-19)15-9-16(20)12-5-4-11(21-3)8-14(12)17-15/h4-10H,1-3H3,(H,17,20). The maximum Gasteiger partial charge on any atom is 0.190 e. The highest BCUT2D eigenvalue weighted by Crippen LogP contribution is 2.21. The minimum absolute atomic E-state index is 0.0273. The van der Waals surface area contributed by atoms with E-state index in [9.17, 15) is 4.79 Å². The third-order valence-corrected chi connectivity index (χ3v) is 3.45. The first-order chi connectivity index (χ1) is 10.1. The number of pyridine rings is 1. The molecule has 0 aliphatic carbocycles. The maximum absolute atomic E-state index is 12.2. The van der Waals surface area contributed by atoms with Crippen molar-refractivity contribution >= 4 is 10.9 Å². The van der Waals surface area contributed by atoms with Crippen molar-refractivity contribution < 1.29 is 4.74 Å². The van der Waals surface area contributed by atoms with Gasteiger partial charge in [0.2, 0.25) is 0 Å². The molecule has 2 heterocycles. The van der Waals surface area contributed by atoms with E-state index in [4.69, 9.17) is 4.74 Å². The van der Waals surface area contributed by atoms with E-state index < -0.39 is 0 Å². The Morgan fingerprint density at radius 1 is 1.24 bits per heavy atom. The molecule has 0 radical (unpaired) electrons. The number of fused-ring (bicyclic) bond motifs is 1. The van der Waals surface area contributed by atoms with Crippen LogP contribution in [0.5, 0.6) is 5.75 Å². The molecule has 21 heavy (non-hydrogen) atoms.